The predicted molar refractivity (Wildman–Crippen MR) is 339 cm³/mol. The molecule has 0 saturated carbocycles. The molecule has 0 amide bonds. The van der Waals surface area contributed by atoms with Crippen molar-refractivity contribution in [3.63, 3.8) is 0 Å². The second kappa shape index (κ2) is 66.4. The van der Waals surface area contributed by atoms with Gasteiger partial charge in [-0.15, -0.1) is 0 Å². The Balaban J connectivity index is 4.06. The molecule has 0 aliphatic rings. The molecule has 0 rings (SSSR count). The van der Waals surface area contributed by atoms with Crippen molar-refractivity contribution >= 4 is 17.9 Å². The molecule has 0 fully saturated rings. The smallest absolute Gasteiger partial charge is 0.306 e. The number of allylic oxidation sites excluding steroid dienone is 12. The molecule has 452 valence electrons. The van der Waals surface area contributed by atoms with E-state index in [1.807, 2.05) is 0 Å². The summed E-state index contributed by atoms with van der Waals surface area (Å²) in [6.07, 6.45) is 86.9. The Labute approximate surface area is 484 Å². The van der Waals surface area contributed by atoms with E-state index < -0.39 is 6.10 Å². The van der Waals surface area contributed by atoms with Crippen LogP contribution < -0.4 is 0 Å². The number of carbonyl (C=O) groups is 3. The highest BCUT2D eigenvalue weighted by atomic mass is 16.6. The average Bonchev–Trinajstić information content (AvgIpc) is 3.44. The molecule has 6 nitrogen and oxygen atoms in total. The number of esters is 3. The Morgan fingerprint density at radius 3 is 0.782 bits per heavy atom. The first-order valence-electron chi connectivity index (χ1n) is 33.9. The Hall–Kier alpha value is -3.15. The van der Waals surface area contributed by atoms with Gasteiger partial charge in [0.05, 0.1) is 0 Å². The highest BCUT2D eigenvalue weighted by Gasteiger charge is 2.19. The van der Waals surface area contributed by atoms with E-state index in [4.69, 9.17) is 14.2 Å². The number of rotatable bonds is 62. The third-order valence-corrected chi connectivity index (χ3v) is 15.0. The van der Waals surface area contributed by atoms with Gasteiger partial charge in [-0.25, -0.2) is 0 Å². The van der Waals surface area contributed by atoms with Crippen molar-refractivity contribution in [1.29, 1.82) is 0 Å². The maximum absolute atomic E-state index is 12.8. The molecule has 1 atom stereocenters. The van der Waals surface area contributed by atoms with Gasteiger partial charge in [-0.05, 0) is 83.5 Å². The van der Waals surface area contributed by atoms with Crippen molar-refractivity contribution in [2.24, 2.45) is 0 Å². The molecule has 6 heteroatoms. The standard InChI is InChI=1S/C72H128O6/c1-4-7-10-13-16-19-22-25-26-27-28-29-30-31-32-33-34-35-36-37-38-39-40-41-42-43-44-45-48-50-53-56-59-62-65-71(74)77-68-69(78-72(75)66-63-60-57-54-51-47-24-21-18-15-12-9-6-3)67-76-70(73)64-61-58-55-52-49-46-23-20-17-14-11-8-5-2/h8-9,11-12,17-18,20-21,46-47,49,51,69H,4-7,10,13-16,19,22-45,48,50,52-68H2,1-3H3/b11-8-,12-9-,20-17-,21-18-,49-46-,51-47-. The van der Waals surface area contributed by atoms with E-state index in [9.17, 15) is 14.4 Å². The minimum absolute atomic E-state index is 0.0946. The summed E-state index contributed by atoms with van der Waals surface area (Å²) in [5, 5.41) is 0. The average molecular weight is 1090 g/mol. The van der Waals surface area contributed by atoms with Gasteiger partial charge in [-0.3, -0.25) is 14.4 Å². The zero-order valence-electron chi connectivity index (χ0n) is 51.9. The van der Waals surface area contributed by atoms with E-state index in [1.54, 1.807) is 0 Å². The quantitative estimate of drug-likeness (QED) is 0.0261. The van der Waals surface area contributed by atoms with E-state index in [2.05, 4.69) is 93.7 Å². The molecular formula is C72H128O6. The fourth-order valence-electron chi connectivity index (χ4n) is 9.95. The van der Waals surface area contributed by atoms with E-state index in [-0.39, 0.29) is 37.5 Å². The van der Waals surface area contributed by atoms with E-state index >= 15 is 0 Å². The molecule has 0 aromatic carbocycles. The number of ether oxygens (including phenoxy) is 3. The van der Waals surface area contributed by atoms with Crippen molar-refractivity contribution < 1.29 is 28.6 Å². The SMILES string of the molecule is CC/C=C\C/C=C\C/C=C\CCCCCC(=O)OCC(COC(=O)CCCCCCCCCCCCCCCCCCCCCCCCCCCCCCCCCCCC)OC(=O)CCCCC/C=C\C/C=C\C/C=C\CC. The molecule has 0 radical (unpaired) electrons. The van der Waals surface area contributed by atoms with Crippen LogP contribution in [0.1, 0.15) is 348 Å². The summed E-state index contributed by atoms with van der Waals surface area (Å²) in [4.78, 5) is 38.2. The van der Waals surface area contributed by atoms with E-state index in [0.717, 1.165) is 109 Å². The second-order valence-corrected chi connectivity index (χ2v) is 22.7. The first-order valence-corrected chi connectivity index (χ1v) is 33.9. The zero-order valence-corrected chi connectivity index (χ0v) is 51.9. The van der Waals surface area contributed by atoms with Gasteiger partial charge in [0, 0.05) is 19.3 Å². The third kappa shape index (κ3) is 63.7. The summed E-state index contributed by atoms with van der Waals surface area (Å²) >= 11 is 0. The molecule has 0 aromatic heterocycles. The van der Waals surface area contributed by atoms with E-state index in [0.29, 0.717) is 12.8 Å². The van der Waals surface area contributed by atoms with Gasteiger partial charge < -0.3 is 14.2 Å². The molecule has 78 heavy (non-hydrogen) atoms. The van der Waals surface area contributed by atoms with Crippen molar-refractivity contribution in [3.8, 4) is 0 Å². The zero-order chi connectivity index (χ0) is 56.4. The highest BCUT2D eigenvalue weighted by molar-refractivity contribution is 5.71. The Morgan fingerprint density at radius 1 is 0.269 bits per heavy atom. The molecule has 1 unspecified atom stereocenters. The van der Waals surface area contributed by atoms with Gasteiger partial charge >= 0.3 is 17.9 Å². The lowest BCUT2D eigenvalue weighted by atomic mass is 10.0. The molecule has 0 saturated heterocycles. The molecular weight excluding hydrogens is 961 g/mol. The van der Waals surface area contributed by atoms with Gasteiger partial charge in [0.15, 0.2) is 6.10 Å². The van der Waals surface area contributed by atoms with Crippen molar-refractivity contribution in [1.82, 2.24) is 0 Å². The van der Waals surface area contributed by atoms with E-state index in [1.165, 1.54) is 199 Å². The minimum atomic E-state index is -0.802. The lowest BCUT2D eigenvalue weighted by Gasteiger charge is -2.18. The van der Waals surface area contributed by atoms with Gasteiger partial charge in [-0.2, -0.15) is 0 Å². The molecule has 0 spiro atoms. The summed E-state index contributed by atoms with van der Waals surface area (Å²) in [5.41, 5.74) is 0. The summed E-state index contributed by atoms with van der Waals surface area (Å²) in [6.45, 7) is 6.40. The lowest BCUT2D eigenvalue weighted by molar-refractivity contribution is -0.167. The van der Waals surface area contributed by atoms with Crippen LogP contribution in [-0.2, 0) is 28.6 Å². The normalized spacial score (nSPS) is 12.5. The molecule has 0 bridgehead atoms. The monoisotopic (exact) mass is 1090 g/mol. The number of carbonyl (C=O) groups excluding carboxylic acids is 3. The summed E-state index contributed by atoms with van der Waals surface area (Å²) in [5.74, 6) is -0.943. The fraction of sp³-hybridized carbons (Fsp3) is 0.792. The summed E-state index contributed by atoms with van der Waals surface area (Å²) in [6, 6.07) is 0. The van der Waals surface area contributed by atoms with Crippen LogP contribution in [0.2, 0.25) is 0 Å². The van der Waals surface area contributed by atoms with Crippen LogP contribution in [0.25, 0.3) is 0 Å². The van der Waals surface area contributed by atoms with Crippen LogP contribution in [0, 0.1) is 0 Å². The van der Waals surface area contributed by atoms with Crippen LogP contribution in [-0.4, -0.2) is 37.2 Å². The molecule has 0 aromatic rings. The largest absolute Gasteiger partial charge is 0.462 e. The summed E-state index contributed by atoms with van der Waals surface area (Å²) < 4.78 is 16.8. The van der Waals surface area contributed by atoms with Crippen molar-refractivity contribution in [3.05, 3.63) is 72.9 Å². The Kier molecular flexibility index (Phi) is 63.7. The molecule has 0 N–H and O–H groups in total. The summed E-state index contributed by atoms with van der Waals surface area (Å²) in [7, 11) is 0. The first kappa shape index (κ1) is 74.8. The lowest BCUT2D eigenvalue weighted by Crippen LogP contribution is -2.30. The third-order valence-electron chi connectivity index (χ3n) is 15.0. The molecule has 0 heterocycles. The predicted octanol–water partition coefficient (Wildman–Crippen LogP) is 23.3. The second-order valence-electron chi connectivity index (χ2n) is 22.7. The Bertz CT molecular complexity index is 1440. The van der Waals surface area contributed by atoms with Crippen LogP contribution in [0.15, 0.2) is 72.9 Å². The molecule has 0 aliphatic heterocycles. The van der Waals surface area contributed by atoms with Crippen molar-refractivity contribution in [2.45, 2.75) is 354 Å². The maximum atomic E-state index is 12.8. The minimum Gasteiger partial charge on any atom is -0.462 e. The van der Waals surface area contributed by atoms with Gasteiger partial charge in [-0.1, -0.05) is 318 Å². The van der Waals surface area contributed by atoms with Crippen LogP contribution in [0.3, 0.4) is 0 Å². The van der Waals surface area contributed by atoms with Crippen molar-refractivity contribution in [2.75, 3.05) is 13.2 Å². The Morgan fingerprint density at radius 2 is 0.500 bits per heavy atom. The van der Waals surface area contributed by atoms with Gasteiger partial charge in [0.2, 0.25) is 0 Å². The topological polar surface area (TPSA) is 78.9 Å². The number of hydrogen-bond acceptors (Lipinski definition) is 6. The van der Waals surface area contributed by atoms with Gasteiger partial charge in [0.1, 0.15) is 13.2 Å². The number of unbranched alkanes of at least 4 members (excludes halogenated alkanes) is 39. The van der Waals surface area contributed by atoms with Crippen LogP contribution >= 0.6 is 0 Å². The maximum Gasteiger partial charge on any atom is 0.306 e. The highest BCUT2D eigenvalue weighted by Crippen LogP contribution is 2.18. The fourth-order valence-corrected chi connectivity index (χ4v) is 9.95. The first-order chi connectivity index (χ1) is 38.5. The van der Waals surface area contributed by atoms with Gasteiger partial charge in [0.25, 0.3) is 0 Å². The van der Waals surface area contributed by atoms with Crippen LogP contribution in [0.5, 0.6) is 0 Å². The number of hydrogen-bond donors (Lipinski definition) is 0. The van der Waals surface area contributed by atoms with Crippen LogP contribution in [0.4, 0.5) is 0 Å². The molecule has 0 aliphatic carbocycles.